The SMILES string of the molecule is CC(C)c1ccc(C[NH+](C)[C@H](C)C(=O)Nc2cccc(S(=O)(=O)N(C)C)c2)cc1. The number of carbonyl (C=O) groups excluding carboxylic acids is 1. The fourth-order valence-corrected chi connectivity index (χ4v) is 3.86. The third kappa shape index (κ3) is 5.88. The fraction of sp³-hybridized carbons (Fsp3) is 0.409. The summed E-state index contributed by atoms with van der Waals surface area (Å²) >= 11 is 0. The molecule has 0 aliphatic rings. The third-order valence-electron chi connectivity index (χ3n) is 5.14. The second-order valence-corrected chi connectivity index (χ2v) is 10.1. The monoisotopic (exact) mass is 418 g/mol. The lowest BCUT2D eigenvalue weighted by Gasteiger charge is -2.21. The van der Waals surface area contributed by atoms with Crippen LogP contribution in [0.25, 0.3) is 0 Å². The summed E-state index contributed by atoms with van der Waals surface area (Å²) in [4.78, 5) is 13.9. The van der Waals surface area contributed by atoms with Crippen LogP contribution in [0.15, 0.2) is 53.4 Å². The summed E-state index contributed by atoms with van der Waals surface area (Å²) in [6.45, 7) is 6.92. The highest BCUT2D eigenvalue weighted by atomic mass is 32.2. The molecule has 0 saturated carbocycles. The van der Waals surface area contributed by atoms with Crippen LogP contribution in [0.2, 0.25) is 0 Å². The predicted molar refractivity (Wildman–Crippen MR) is 117 cm³/mol. The number of amides is 1. The molecule has 0 fully saturated rings. The molecule has 0 spiro atoms. The lowest BCUT2D eigenvalue weighted by atomic mass is 10.0. The molecule has 1 amide bonds. The van der Waals surface area contributed by atoms with Gasteiger partial charge in [-0.25, -0.2) is 12.7 Å². The lowest BCUT2D eigenvalue weighted by Crippen LogP contribution is -3.12. The van der Waals surface area contributed by atoms with Crippen molar-refractivity contribution in [2.24, 2.45) is 0 Å². The molecule has 2 rings (SSSR count). The molecular weight excluding hydrogens is 386 g/mol. The number of hydrogen-bond donors (Lipinski definition) is 2. The Bertz CT molecular complexity index is 938. The van der Waals surface area contributed by atoms with Crippen LogP contribution >= 0.6 is 0 Å². The summed E-state index contributed by atoms with van der Waals surface area (Å²) in [5, 5.41) is 2.84. The first-order valence-electron chi connectivity index (χ1n) is 9.77. The van der Waals surface area contributed by atoms with Gasteiger partial charge in [0.1, 0.15) is 6.54 Å². The molecular formula is C22H32N3O3S+. The molecule has 7 heteroatoms. The van der Waals surface area contributed by atoms with E-state index in [1.165, 1.54) is 37.4 Å². The van der Waals surface area contributed by atoms with E-state index in [0.29, 0.717) is 11.6 Å². The third-order valence-corrected chi connectivity index (χ3v) is 6.95. The highest BCUT2D eigenvalue weighted by molar-refractivity contribution is 7.89. The molecule has 0 heterocycles. The van der Waals surface area contributed by atoms with E-state index >= 15 is 0 Å². The zero-order valence-electron chi connectivity index (χ0n) is 18.1. The van der Waals surface area contributed by atoms with Crippen molar-refractivity contribution in [3.05, 3.63) is 59.7 Å². The average molecular weight is 419 g/mol. The number of hydrogen-bond acceptors (Lipinski definition) is 3. The van der Waals surface area contributed by atoms with Crippen molar-refractivity contribution in [3.8, 4) is 0 Å². The molecule has 0 bridgehead atoms. The number of benzene rings is 2. The van der Waals surface area contributed by atoms with Gasteiger partial charge in [-0.2, -0.15) is 0 Å². The van der Waals surface area contributed by atoms with E-state index in [9.17, 15) is 13.2 Å². The van der Waals surface area contributed by atoms with Crippen molar-refractivity contribution in [2.75, 3.05) is 26.5 Å². The van der Waals surface area contributed by atoms with E-state index < -0.39 is 10.0 Å². The molecule has 0 saturated heterocycles. The van der Waals surface area contributed by atoms with Gasteiger partial charge in [0.05, 0.1) is 11.9 Å². The van der Waals surface area contributed by atoms with Crippen LogP contribution in [0.5, 0.6) is 0 Å². The van der Waals surface area contributed by atoms with E-state index in [-0.39, 0.29) is 16.8 Å². The van der Waals surface area contributed by atoms with Crippen LogP contribution in [0.1, 0.15) is 37.8 Å². The Morgan fingerprint density at radius 1 is 1.07 bits per heavy atom. The quantitative estimate of drug-likeness (QED) is 0.690. The van der Waals surface area contributed by atoms with Crippen LogP contribution in [0.3, 0.4) is 0 Å². The van der Waals surface area contributed by atoms with Crippen molar-refractivity contribution < 1.29 is 18.1 Å². The second kappa shape index (κ2) is 9.52. The summed E-state index contributed by atoms with van der Waals surface area (Å²) in [6, 6.07) is 14.5. The highest BCUT2D eigenvalue weighted by Gasteiger charge is 2.23. The van der Waals surface area contributed by atoms with E-state index in [4.69, 9.17) is 0 Å². The number of quaternary nitrogens is 1. The molecule has 158 valence electrons. The summed E-state index contributed by atoms with van der Waals surface area (Å²) < 4.78 is 25.7. The zero-order chi connectivity index (χ0) is 21.8. The fourth-order valence-electron chi connectivity index (χ4n) is 2.91. The Balaban J connectivity index is 2.05. The minimum absolute atomic E-state index is 0.152. The molecule has 2 N–H and O–H groups in total. The van der Waals surface area contributed by atoms with Crippen LogP contribution < -0.4 is 10.2 Å². The maximum atomic E-state index is 12.7. The summed E-state index contributed by atoms with van der Waals surface area (Å²) in [7, 11) is 1.40. The van der Waals surface area contributed by atoms with Gasteiger partial charge in [-0.05, 0) is 36.6 Å². The van der Waals surface area contributed by atoms with Crippen molar-refractivity contribution in [1.82, 2.24) is 4.31 Å². The molecule has 0 aliphatic carbocycles. The Morgan fingerprint density at radius 2 is 1.69 bits per heavy atom. The van der Waals surface area contributed by atoms with Crippen molar-refractivity contribution >= 4 is 21.6 Å². The van der Waals surface area contributed by atoms with Gasteiger partial charge in [0.15, 0.2) is 6.04 Å². The summed E-state index contributed by atoms with van der Waals surface area (Å²) in [5.74, 6) is 0.339. The number of nitrogens with zero attached hydrogens (tertiary/aromatic N) is 1. The van der Waals surface area contributed by atoms with Crippen molar-refractivity contribution in [2.45, 2.75) is 44.2 Å². The number of likely N-dealkylation sites (N-methyl/N-ethyl adjacent to an activating group) is 1. The Morgan fingerprint density at radius 3 is 2.24 bits per heavy atom. The largest absolute Gasteiger partial charge is 0.324 e. The highest BCUT2D eigenvalue weighted by Crippen LogP contribution is 2.18. The average Bonchev–Trinajstić information content (AvgIpc) is 2.67. The van der Waals surface area contributed by atoms with Gasteiger partial charge in [0.2, 0.25) is 10.0 Å². The molecule has 6 nitrogen and oxygen atoms in total. The molecule has 2 atom stereocenters. The predicted octanol–water partition coefficient (Wildman–Crippen LogP) is 2.10. The van der Waals surface area contributed by atoms with E-state index in [0.717, 1.165) is 15.7 Å². The molecule has 2 aromatic carbocycles. The van der Waals surface area contributed by atoms with Gasteiger partial charge >= 0.3 is 0 Å². The minimum atomic E-state index is -3.55. The molecule has 0 aromatic heterocycles. The Labute approximate surface area is 174 Å². The van der Waals surface area contributed by atoms with E-state index in [1.54, 1.807) is 12.1 Å². The first-order chi connectivity index (χ1) is 13.5. The van der Waals surface area contributed by atoms with Crippen LogP contribution in [-0.4, -0.2) is 45.8 Å². The molecule has 2 aromatic rings. The van der Waals surface area contributed by atoms with Crippen LogP contribution in [-0.2, 0) is 21.4 Å². The van der Waals surface area contributed by atoms with Gasteiger partial charge < -0.3 is 10.2 Å². The number of rotatable bonds is 8. The smallest absolute Gasteiger partial charge is 0.282 e. The van der Waals surface area contributed by atoms with Crippen LogP contribution in [0, 0.1) is 0 Å². The molecule has 29 heavy (non-hydrogen) atoms. The van der Waals surface area contributed by atoms with Crippen molar-refractivity contribution in [1.29, 1.82) is 0 Å². The van der Waals surface area contributed by atoms with Crippen LogP contribution in [0.4, 0.5) is 5.69 Å². The number of anilines is 1. The maximum Gasteiger partial charge on any atom is 0.282 e. The standard InChI is InChI=1S/C22H31N3O3S/c1-16(2)19-12-10-18(11-13-19)15-25(6)17(3)22(26)23-20-8-7-9-21(14-20)29(27,28)24(4)5/h7-14,16-17H,15H2,1-6H3,(H,23,26)/p+1/t17-/m1/s1. The minimum Gasteiger partial charge on any atom is -0.324 e. The Hall–Kier alpha value is -2.22. The summed E-state index contributed by atoms with van der Waals surface area (Å²) in [5.41, 5.74) is 2.94. The van der Waals surface area contributed by atoms with Gasteiger partial charge in [0, 0.05) is 25.3 Å². The van der Waals surface area contributed by atoms with Gasteiger partial charge in [-0.3, -0.25) is 4.79 Å². The molecule has 0 radical (unpaired) electrons. The molecule has 1 unspecified atom stereocenters. The zero-order valence-corrected chi connectivity index (χ0v) is 18.9. The number of sulfonamides is 1. The first-order valence-corrected chi connectivity index (χ1v) is 11.2. The topological polar surface area (TPSA) is 70.9 Å². The first kappa shape index (κ1) is 23.1. The lowest BCUT2D eigenvalue weighted by molar-refractivity contribution is -0.907. The maximum absolute atomic E-state index is 12.7. The van der Waals surface area contributed by atoms with Gasteiger partial charge in [-0.15, -0.1) is 0 Å². The Kier molecular flexibility index (Phi) is 7.57. The van der Waals surface area contributed by atoms with Gasteiger partial charge in [-0.1, -0.05) is 44.2 Å². The van der Waals surface area contributed by atoms with Gasteiger partial charge in [0.25, 0.3) is 5.91 Å². The second-order valence-electron chi connectivity index (χ2n) is 7.95. The van der Waals surface area contributed by atoms with E-state index in [1.807, 2.05) is 14.0 Å². The normalized spacial score (nSPS) is 14.1. The summed E-state index contributed by atoms with van der Waals surface area (Å²) in [6.07, 6.45) is 0. The number of carbonyl (C=O) groups is 1. The van der Waals surface area contributed by atoms with E-state index in [2.05, 4.69) is 43.4 Å². The van der Waals surface area contributed by atoms with Crippen molar-refractivity contribution in [3.63, 3.8) is 0 Å². The molecule has 0 aliphatic heterocycles. The number of nitrogens with one attached hydrogen (secondary N) is 2.